The largest absolute Gasteiger partial charge is 0.402 e. The van der Waals surface area contributed by atoms with E-state index in [2.05, 4.69) is 11.1 Å². The van der Waals surface area contributed by atoms with E-state index in [0.29, 0.717) is 29.1 Å². The molecule has 2 heterocycles. The second-order valence-electron chi connectivity index (χ2n) is 6.15. The number of Topliss-reactive ketones (excluding diaryl/α,β-unsaturated/α-hetero) is 1. The number of methoxy groups -OCH3 is 1. The lowest BCUT2D eigenvalue weighted by atomic mass is 9.88. The molecule has 0 bridgehead atoms. The topological polar surface area (TPSA) is 148 Å². The Labute approximate surface area is 201 Å². The minimum absolute atomic E-state index is 0.0519. The Hall–Kier alpha value is -2.23. The van der Waals surface area contributed by atoms with Crippen molar-refractivity contribution >= 4 is 18.5 Å². The van der Waals surface area contributed by atoms with Crippen LogP contribution in [0.25, 0.3) is 0 Å². The van der Waals surface area contributed by atoms with Gasteiger partial charge in [-0.05, 0) is 27.3 Å². The first-order valence-corrected chi connectivity index (χ1v) is 11.5. The maximum Gasteiger partial charge on any atom is 0.206 e. The van der Waals surface area contributed by atoms with Gasteiger partial charge in [0.2, 0.25) is 12.2 Å². The third-order valence-corrected chi connectivity index (χ3v) is 5.14. The van der Waals surface area contributed by atoms with E-state index in [1.165, 1.54) is 0 Å². The lowest BCUT2D eigenvalue weighted by Gasteiger charge is -2.41. The Balaban J connectivity index is -0.000000332. The Kier molecular flexibility index (Phi) is 24.9. The van der Waals surface area contributed by atoms with Gasteiger partial charge in [0.05, 0.1) is 11.7 Å². The van der Waals surface area contributed by atoms with Gasteiger partial charge in [-0.15, -0.1) is 0 Å². The molecule has 0 radical (unpaired) electrons. The second kappa shape index (κ2) is 21.6. The van der Waals surface area contributed by atoms with E-state index in [9.17, 15) is 9.59 Å². The molecule has 0 aromatic rings. The molecule has 2 rings (SSSR count). The Morgan fingerprint density at radius 1 is 1.15 bits per heavy atom. The van der Waals surface area contributed by atoms with Crippen LogP contribution in [0.2, 0.25) is 0 Å². The fraction of sp³-hybridized carbons (Fsp3) is 0.708. The number of primary amides is 1. The van der Waals surface area contributed by atoms with Crippen molar-refractivity contribution in [2.45, 2.75) is 80.5 Å². The molecule has 1 amide bonds. The summed E-state index contributed by atoms with van der Waals surface area (Å²) in [4.78, 5) is 35.0. The number of ketones is 1. The lowest BCUT2D eigenvalue weighted by Crippen LogP contribution is -2.57. The molecule has 9 heteroatoms. The Bertz CT molecular complexity index is 616. The number of hydrogen-bond donors (Lipinski definition) is 4. The van der Waals surface area contributed by atoms with Crippen LogP contribution in [0.5, 0.6) is 0 Å². The third kappa shape index (κ3) is 8.57. The molecule has 0 aromatic heterocycles. The summed E-state index contributed by atoms with van der Waals surface area (Å²) in [6.07, 6.45) is 1.88. The highest BCUT2D eigenvalue weighted by atomic mass is 16.5. The van der Waals surface area contributed by atoms with Crippen LogP contribution in [0.15, 0.2) is 22.5 Å². The first kappa shape index (κ1) is 38.1. The summed E-state index contributed by atoms with van der Waals surface area (Å²) in [7, 11) is 4.50. The number of aliphatic hydroxyl groups excluding tert-OH is 1. The minimum atomic E-state index is -0.696. The van der Waals surface area contributed by atoms with Crippen LogP contribution in [0.4, 0.5) is 0 Å². The van der Waals surface area contributed by atoms with E-state index in [4.69, 9.17) is 20.4 Å². The zero-order valence-corrected chi connectivity index (χ0v) is 22.9. The number of ether oxygens (including phenoxy) is 1. The molecular formula is C24H50N4O5. The summed E-state index contributed by atoms with van der Waals surface area (Å²) in [5.41, 5.74) is 11.1. The van der Waals surface area contributed by atoms with Gasteiger partial charge in [0.1, 0.15) is 6.29 Å². The predicted molar refractivity (Wildman–Crippen MR) is 136 cm³/mol. The van der Waals surface area contributed by atoms with Gasteiger partial charge in [-0.2, -0.15) is 0 Å². The minimum Gasteiger partial charge on any atom is -0.402 e. The van der Waals surface area contributed by atoms with Crippen LogP contribution in [0.1, 0.15) is 68.7 Å². The van der Waals surface area contributed by atoms with Gasteiger partial charge in [-0.3, -0.25) is 14.4 Å². The number of nitrogens with one attached hydrogen (secondary N) is 1. The van der Waals surface area contributed by atoms with Crippen LogP contribution in [0, 0.1) is 5.92 Å². The lowest BCUT2D eigenvalue weighted by molar-refractivity contribution is -0.133. The Morgan fingerprint density at radius 3 is 1.88 bits per heavy atom. The first-order valence-electron chi connectivity index (χ1n) is 11.5. The van der Waals surface area contributed by atoms with E-state index in [0.717, 1.165) is 19.8 Å². The number of fused-ring (bicyclic) bond motifs is 1. The molecule has 9 nitrogen and oxygen atoms in total. The molecule has 2 aliphatic heterocycles. The van der Waals surface area contributed by atoms with Crippen molar-refractivity contribution in [3.05, 3.63) is 22.5 Å². The maximum absolute atomic E-state index is 12.8. The van der Waals surface area contributed by atoms with Gasteiger partial charge < -0.3 is 31.5 Å². The summed E-state index contributed by atoms with van der Waals surface area (Å²) < 4.78 is 5.85. The number of aliphatic hydroxyl groups is 1. The number of allylic oxidation sites excluding steroid dienone is 2. The van der Waals surface area contributed by atoms with Crippen LogP contribution >= 0.6 is 0 Å². The highest BCUT2D eigenvalue weighted by Gasteiger charge is 2.60. The maximum atomic E-state index is 12.8. The van der Waals surface area contributed by atoms with Crippen LogP contribution in [-0.2, 0) is 19.1 Å². The second-order valence-corrected chi connectivity index (χ2v) is 6.15. The number of likely N-dealkylation sites (N-methyl/N-ethyl adjacent to an activating group) is 1. The van der Waals surface area contributed by atoms with Crippen LogP contribution in [0.3, 0.4) is 0 Å². The molecule has 0 saturated carbocycles. The highest BCUT2D eigenvalue weighted by molar-refractivity contribution is 6.11. The fourth-order valence-corrected chi connectivity index (χ4v) is 3.78. The first-order chi connectivity index (χ1) is 15.8. The number of aldehydes is 1. The van der Waals surface area contributed by atoms with E-state index in [1.54, 1.807) is 21.0 Å². The molecule has 1 saturated heterocycles. The number of nitrogens with two attached hydrogens (primary N) is 2. The third-order valence-electron chi connectivity index (χ3n) is 5.14. The SMILES string of the molecule is CC.CC.CC.CN[C@H]1CCN2C(C(=O)/C(C)=C(\C)N)=C(C=O)[C@@H](C)[C@@]12OC.CO.NC=O. The zero-order valence-electron chi connectivity index (χ0n) is 22.9. The molecule has 3 atom stereocenters. The van der Waals surface area contributed by atoms with E-state index >= 15 is 0 Å². The molecule has 33 heavy (non-hydrogen) atoms. The summed E-state index contributed by atoms with van der Waals surface area (Å²) in [5.74, 6) is -0.385. The molecule has 196 valence electrons. The van der Waals surface area contributed by atoms with Gasteiger partial charge in [0.25, 0.3) is 0 Å². The fourth-order valence-electron chi connectivity index (χ4n) is 3.78. The van der Waals surface area contributed by atoms with Gasteiger partial charge in [0.15, 0.2) is 5.72 Å². The summed E-state index contributed by atoms with van der Waals surface area (Å²) >= 11 is 0. The van der Waals surface area contributed by atoms with Crippen molar-refractivity contribution in [3.63, 3.8) is 0 Å². The van der Waals surface area contributed by atoms with Gasteiger partial charge >= 0.3 is 0 Å². The molecule has 6 N–H and O–H groups in total. The molecule has 0 spiro atoms. The predicted octanol–water partition coefficient (Wildman–Crippen LogP) is 2.34. The number of rotatable bonds is 5. The molecule has 0 unspecified atom stereocenters. The van der Waals surface area contributed by atoms with Crippen LogP contribution in [-0.4, -0.2) is 68.1 Å². The number of carbonyl (C=O) groups is 3. The van der Waals surface area contributed by atoms with Gasteiger partial charge in [-0.25, -0.2) is 0 Å². The van der Waals surface area contributed by atoms with Crippen molar-refractivity contribution in [1.82, 2.24) is 10.2 Å². The van der Waals surface area contributed by atoms with E-state index in [-0.39, 0.29) is 24.2 Å². The van der Waals surface area contributed by atoms with Gasteiger partial charge in [-0.1, -0.05) is 48.5 Å². The quantitative estimate of drug-likeness (QED) is 0.350. The molecule has 1 fully saturated rings. The normalized spacial score (nSPS) is 22.5. The number of hydrogen-bond acceptors (Lipinski definition) is 8. The smallest absolute Gasteiger partial charge is 0.206 e. The summed E-state index contributed by atoms with van der Waals surface area (Å²) in [6.45, 7) is 18.0. The van der Waals surface area contributed by atoms with E-state index < -0.39 is 5.72 Å². The zero-order chi connectivity index (χ0) is 27.4. The van der Waals surface area contributed by atoms with E-state index in [1.807, 2.05) is 60.4 Å². The van der Waals surface area contributed by atoms with Crippen molar-refractivity contribution in [1.29, 1.82) is 0 Å². The number of amides is 1. The molecule has 0 aromatic carbocycles. The molecule has 0 aliphatic carbocycles. The van der Waals surface area contributed by atoms with Crippen LogP contribution < -0.4 is 16.8 Å². The summed E-state index contributed by atoms with van der Waals surface area (Å²) in [5, 5.41) is 10.3. The average Bonchev–Trinajstić information content (AvgIpc) is 3.36. The monoisotopic (exact) mass is 474 g/mol. The van der Waals surface area contributed by atoms with Crippen molar-refractivity contribution in [2.24, 2.45) is 17.4 Å². The highest BCUT2D eigenvalue weighted by Crippen LogP contribution is 2.49. The van der Waals surface area contributed by atoms with Crippen molar-refractivity contribution < 1.29 is 24.2 Å². The standard InChI is InChI=1S/C16H25N3O3.3C2H6.CH3NO.CH4O/c1-9(11(3)17)15(21)14-12(8-20)10(2)16(22-5)13(18-4)6-7-19(14)16;3*1-2;2-1-3;1-2/h8,10,13,18H,6-7,17H2,1-5H3;3*1-2H3;1H,(H2,2,3);2H,1H3/b11-9+;;;;;/t10-,13+,16-;;;;;/m1...../s1. The average molecular weight is 475 g/mol. The molecule has 2 aliphatic rings. The van der Waals surface area contributed by atoms with Crippen molar-refractivity contribution in [3.8, 4) is 0 Å². The number of nitrogens with zero attached hydrogens (tertiary/aromatic N) is 1. The summed E-state index contributed by atoms with van der Waals surface area (Å²) in [6, 6.07) is 0.0519. The Morgan fingerprint density at radius 2 is 1.58 bits per heavy atom. The number of carbonyl (C=O) groups excluding carboxylic acids is 3. The van der Waals surface area contributed by atoms with Crippen molar-refractivity contribution in [2.75, 3.05) is 27.8 Å². The molecular weight excluding hydrogens is 424 g/mol. The van der Waals surface area contributed by atoms with Gasteiger partial charge in [0, 0.05) is 43.5 Å².